The van der Waals surface area contributed by atoms with E-state index in [1.54, 1.807) is 12.1 Å². The Labute approximate surface area is 163 Å². The third-order valence-electron chi connectivity index (χ3n) is 4.85. The number of nitrogens with zero attached hydrogens (tertiary/aromatic N) is 2. The fourth-order valence-electron chi connectivity index (χ4n) is 3.28. The highest BCUT2D eigenvalue weighted by Crippen LogP contribution is 2.22. The number of amides is 1. The standard InChI is InChI=1S/C20H21N3O4S/c1-22-8-7-15-5-6-17(14-19(15)22)21-20(24)16-3-2-4-18(13-16)28(25,26)23-9-11-27-12-10-23/h2-8,13-14H,9-12H2,1H3,(H,21,24). The first-order valence-corrected chi connectivity index (χ1v) is 10.4. The van der Waals surface area contributed by atoms with Crippen molar-refractivity contribution in [3.8, 4) is 0 Å². The van der Waals surface area contributed by atoms with Gasteiger partial charge in [-0.1, -0.05) is 12.1 Å². The number of sulfonamides is 1. The molecule has 0 radical (unpaired) electrons. The molecule has 0 unspecified atom stereocenters. The second kappa shape index (κ2) is 7.38. The number of aryl methyl sites for hydroxylation is 1. The first-order chi connectivity index (χ1) is 13.4. The molecule has 1 N–H and O–H groups in total. The maximum absolute atomic E-state index is 12.8. The topological polar surface area (TPSA) is 80.6 Å². The van der Waals surface area contributed by atoms with Crippen molar-refractivity contribution < 1.29 is 17.9 Å². The molecule has 1 fully saturated rings. The van der Waals surface area contributed by atoms with Crippen molar-refractivity contribution >= 4 is 32.5 Å². The molecule has 4 rings (SSSR count). The molecule has 1 aliphatic heterocycles. The second-order valence-electron chi connectivity index (χ2n) is 6.70. The normalized spacial score (nSPS) is 15.6. The molecular weight excluding hydrogens is 378 g/mol. The fourth-order valence-corrected chi connectivity index (χ4v) is 4.73. The van der Waals surface area contributed by atoms with Crippen LogP contribution in [0.15, 0.2) is 59.6 Å². The first-order valence-electron chi connectivity index (χ1n) is 8.99. The van der Waals surface area contributed by atoms with E-state index in [0.29, 0.717) is 37.6 Å². The third-order valence-corrected chi connectivity index (χ3v) is 6.74. The summed E-state index contributed by atoms with van der Waals surface area (Å²) in [5.74, 6) is -0.354. The third kappa shape index (κ3) is 3.54. The van der Waals surface area contributed by atoms with Gasteiger partial charge in [-0.3, -0.25) is 4.79 Å². The summed E-state index contributed by atoms with van der Waals surface area (Å²) in [4.78, 5) is 12.8. The van der Waals surface area contributed by atoms with E-state index >= 15 is 0 Å². The minimum absolute atomic E-state index is 0.111. The summed E-state index contributed by atoms with van der Waals surface area (Å²) in [5, 5.41) is 3.93. The number of nitrogens with one attached hydrogen (secondary N) is 1. The highest BCUT2D eigenvalue weighted by atomic mass is 32.2. The number of carbonyl (C=O) groups is 1. The summed E-state index contributed by atoms with van der Waals surface area (Å²) in [6, 6.07) is 13.8. The summed E-state index contributed by atoms with van der Waals surface area (Å²) >= 11 is 0. The Morgan fingerprint density at radius 2 is 1.86 bits per heavy atom. The molecule has 28 heavy (non-hydrogen) atoms. The van der Waals surface area contributed by atoms with E-state index in [1.165, 1.54) is 16.4 Å². The molecule has 0 saturated carbocycles. The van der Waals surface area contributed by atoms with Crippen LogP contribution in [0, 0.1) is 0 Å². The molecule has 1 saturated heterocycles. The average Bonchev–Trinajstić information content (AvgIpc) is 3.09. The lowest BCUT2D eigenvalue weighted by Crippen LogP contribution is -2.40. The van der Waals surface area contributed by atoms with E-state index in [-0.39, 0.29) is 10.8 Å². The predicted octanol–water partition coefficient (Wildman–Crippen LogP) is 2.45. The van der Waals surface area contributed by atoms with Gasteiger partial charge in [-0.15, -0.1) is 0 Å². The van der Waals surface area contributed by atoms with Gasteiger partial charge in [-0.2, -0.15) is 4.31 Å². The van der Waals surface area contributed by atoms with Crippen molar-refractivity contribution in [2.75, 3.05) is 31.6 Å². The number of ether oxygens (including phenoxy) is 1. The number of fused-ring (bicyclic) bond motifs is 1. The van der Waals surface area contributed by atoms with Crippen LogP contribution in [0.3, 0.4) is 0 Å². The first kappa shape index (κ1) is 18.7. The summed E-state index contributed by atoms with van der Waals surface area (Å²) in [6.07, 6.45) is 1.95. The van der Waals surface area contributed by atoms with Crippen LogP contribution in [0.5, 0.6) is 0 Å². The monoisotopic (exact) mass is 399 g/mol. The Morgan fingerprint density at radius 3 is 2.64 bits per heavy atom. The Bertz CT molecular complexity index is 1130. The van der Waals surface area contributed by atoms with Crippen molar-refractivity contribution in [3.63, 3.8) is 0 Å². The van der Waals surface area contributed by atoms with E-state index in [0.717, 1.165) is 10.9 Å². The van der Waals surface area contributed by atoms with Gasteiger partial charge in [0.05, 0.1) is 18.1 Å². The van der Waals surface area contributed by atoms with E-state index in [2.05, 4.69) is 5.32 Å². The van der Waals surface area contributed by atoms with Crippen molar-refractivity contribution in [1.29, 1.82) is 0 Å². The van der Waals surface area contributed by atoms with E-state index in [1.807, 2.05) is 42.1 Å². The molecule has 1 amide bonds. The molecule has 0 bridgehead atoms. The van der Waals surface area contributed by atoms with Crippen LogP contribution in [0.1, 0.15) is 10.4 Å². The SMILES string of the molecule is Cn1ccc2ccc(NC(=O)c3cccc(S(=O)(=O)N4CCOCC4)c3)cc21. The van der Waals surface area contributed by atoms with Crippen LogP contribution in [-0.2, 0) is 21.8 Å². The van der Waals surface area contributed by atoms with Crippen molar-refractivity contribution in [2.24, 2.45) is 7.05 Å². The molecule has 1 aromatic heterocycles. The lowest BCUT2D eigenvalue weighted by Gasteiger charge is -2.26. The van der Waals surface area contributed by atoms with Gasteiger partial charge in [0.15, 0.2) is 0 Å². The minimum Gasteiger partial charge on any atom is -0.379 e. The van der Waals surface area contributed by atoms with Gasteiger partial charge >= 0.3 is 0 Å². The van der Waals surface area contributed by atoms with E-state index in [9.17, 15) is 13.2 Å². The van der Waals surface area contributed by atoms with Crippen LogP contribution < -0.4 is 5.32 Å². The Kier molecular flexibility index (Phi) is 4.92. The molecule has 2 aromatic carbocycles. The van der Waals surface area contributed by atoms with Crippen LogP contribution in [0.2, 0.25) is 0 Å². The summed E-state index contributed by atoms with van der Waals surface area (Å²) in [7, 11) is -1.71. The predicted molar refractivity (Wildman–Crippen MR) is 107 cm³/mol. The molecule has 2 heterocycles. The number of morpholine rings is 1. The van der Waals surface area contributed by atoms with Crippen molar-refractivity contribution in [2.45, 2.75) is 4.90 Å². The number of carbonyl (C=O) groups excluding carboxylic acids is 1. The largest absolute Gasteiger partial charge is 0.379 e. The van der Waals surface area contributed by atoms with Gasteiger partial charge < -0.3 is 14.6 Å². The Hall–Kier alpha value is -2.68. The molecule has 1 aliphatic rings. The molecule has 0 spiro atoms. The molecule has 0 aliphatic carbocycles. The maximum Gasteiger partial charge on any atom is 0.255 e. The van der Waals surface area contributed by atoms with E-state index < -0.39 is 10.0 Å². The van der Waals surface area contributed by atoms with Gasteiger partial charge in [0.1, 0.15) is 0 Å². The van der Waals surface area contributed by atoms with Crippen LogP contribution in [0.4, 0.5) is 5.69 Å². The zero-order valence-electron chi connectivity index (χ0n) is 15.5. The Morgan fingerprint density at radius 1 is 1.07 bits per heavy atom. The number of anilines is 1. The van der Waals surface area contributed by atoms with Crippen LogP contribution in [0.25, 0.3) is 10.9 Å². The Balaban J connectivity index is 1.57. The number of hydrogen-bond donors (Lipinski definition) is 1. The number of rotatable bonds is 4. The molecule has 8 heteroatoms. The van der Waals surface area contributed by atoms with E-state index in [4.69, 9.17) is 4.74 Å². The molecule has 7 nitrogen and oxygen atoms in total. The summed E-state index contributed by atoms with van der Waals surface area (Å²) < 4.78 is 34.2. The minimum atomic E-state index is -3.65. The number of benzene rings is 2. The van der Waals surface area contributed by atoms with Gasteiger partial charge in [-0.05, 0) is 41.8 Å². The smallest absolute Gasteiger partial charge is 0.255 e. The highest BCUT2D eigenvalue weighted by molar-refractivity contribution is 7.89. The van der Waals surface area contributed by atoms with Gasteiger partial charge in [0.25, 0.3) is 5.91 Å². The fraction of sp³-hybridized carbons (Fsp3) is 0.250. The van der Waals surface area contributed by atoms with Crippen LogP contribution >= 0.6 is 0 Å². The molecule has 3 aromatic rings. The number of aromatic nitrogens is 1. The zero-order chi connectivity index (χ0) is 19.7. The highest BCUT2D eigenvalue weighted by Gasteiger charge is 2.26. The summed E-state index contributed by atoms with van der Waals surface area (Å²) in [5.41, 5.74) is 1.95. The lowest BCUT2D eigenvalue weighted by molar-refractivity contribution is 0.0730. The second-order valence-corrected chi connectivity index (χ2v) is 8.64. The quantitative estimate of drug-likeness (QED) is 0.731. The average molecular weight is 399 g/mol. The van der Waals surface area contributed by atoms with Gasteiger partial charge in [0.2, 0.25) is 10.0 Å². The van der Waals surface area contributed by atoms with Crippen LogP contribution in [-0.4, -0.2) is 49.5 Å². The van der Waals surface area contributed by atoms with Gasteiger partial charge in [0, 0.05) is 43.1 Å². The number of hydrogen-bond acceptors (Lipinski definition) is 4. The molecular formula is C20H21N3O4S. The maximum atomic E-state index is 12.8. The molecule has 146 valence electrons. The van der Waals surface area contributed by atoms with Gasteiger partial charge in [-0.25, -0.2) is 8.42 Å². The zero-order valence-corrected chi connectivity index (χ0v) is 16.3. The van der Waals surface area contributed by atoms with Crippen molar-refractivity contribution in [3.05, 3.63) is 60.3 Å². The lowest BCUT2D eigenvalue weighted by atomic mass is 10.2. The summed E-state index contributed by atoms with van der Waals surface area (Å²) in [6.45, 7) is 1.38. The van der Waals surface area contributed by atoms with Crippen molar-refractivity contribution in [1.82, 2.24) is 8.87 Å². The molecule has 0 atom stereocenters.